The fourth-order valence-electron chi connectivity index (χ4n) is 2.25. The van der Waals surface area contributed by atoms with Crippen molar-refractivity contribution in [3.05, 3.63) is 66.2 Å². The van der Waals surface area contributed by atoms with Crippen molar-refractivity contribution in [1.29, 1.82) is 0 Å². The van der Waals surface area contributed by atoms with E-state index in [0.29, 0.717) is 0 Å². The van der Waals surface area contributed by atoms with Crippen LogP contribution in [0.5, 0.6) is 5.75 Å². The summed E-state index contributed by atoms with van der Waals surface area (Å²) in [7, 11) is 0. The second-order valence-corrected chi connectivity index (χ2v) is 5.56. The molecule has 0 heterocycles. The Kier molecular flexibility index (Phi) is 3.93. The molecular formula is C18H15NOS. The Balaban J connectivity index is 2.04. The first-order valence-corrected chi connectivity index (χ1v) is 7.89. The molecule has 0 atom stereocenters. The highest BCUT2D eigenvalue weighted by Gasteiger charge is 2.04. The van der Waals surface area contributed by atoms with Crippen LogP contribution in [0.3, 0.4) is 0 Å². The second-order valence-electron chi connectivity index (χ2n) is 4.68. The first kappa shape index (κ1) is 13.7. The van der Waals surface area contributed by atoms with E-state index in [-0.39, 0.29) is 5.75 Å². The third kappa shape index (κ3) is 2.93. The van der Waals surface area contributed by atoms with Gasteiger partial charge in [0, 0.05) is 16.7 Å². The van der Waals surface area contributed by atoms with Gasteiger partial charge in [-0.3, -0.25) is 4.99 Å². The first-order chi connectivity index (χ1) is 10.3. The predicted octanol–water partition coefficient (Wildman–Crippen LogP) is 5.02. The normalized spacial score (nSPS) is 11.3. The standard InChI is InChI=1S/C18H15NOS/c1-21-15-7-4-6-14(11-15)19-12-17-16-8-3-2-5-13(16)9-10-18(17)20/h2-12,20H,1H3. The van der Waals surface area contributed by atoms with Gasteiger partial charge < -0.3 is 5.11 Å². The molecule has 2 nitrogen and oxygen atoms in total. The number of hydrogen-bond donors (Lipinski definition) is 1. The van der Waals surface area contributed by atoms with E-state index in [2.05, 4.69) is 11.1 Å². The number of benzene rings is 3. The molecule has 0 aliphatic carbocycles. The molecule has 0 saturated carbocycles. The Morgan fingerprint density at radius 3 is 2.71 bits per heavy atom. The molecular weight excluding hydrogens is 278 g/mol. The number of fused-ring (bicyclic) bond motifs is 1. The van der Waals surface area contributed by atoms with Crippen LogP contribution in [0.2, 0.25) is 0 Å². The number of nitrogens with zero attached hydrogens (tertiary/aromatic N) is 1. The quantitative estimate of drug-likeness (QED) is 0.543. The Hall–Kier alpha value is -2.26. The zero-order valence-electron chi connectivity index (χ0n) is 11.7. The number of thioether (sulfide) groups is 1. The summed E-state index contributed by atoms with van der Waals surface area (Å²) in [6, 6.07) is 19.6. The summed E-state index contributed by atoms with van der Waals surface area (Å²) >= 11 is 1.69. The van der Waals surface area contributed by atoms with Crippen LogP contribution < -0.4 is 0 Å². The third-order valence-corrected chi connectivity index (χ3v) is 4.07. The van der Waals surface area contributed by atoms with Gasteiger partial charge in [0.15, 0.2) is 0 Å². The maximum absolute atomic E-state index is 10.1. The molecule has 0 saturated heterocycles. The fourth-order valence-corrected chi connectivity index (χ4v) is 2.70. The molecule has 0 unspecified atom stereocenters. The summed E-state index contributed by atoms with van der Waals surface area (Å²) in [5, 5.41) is 12.2. The summed E-state index contributed by atoms with van der Waals surface area (Å²) in [5.74, 6) is 0.249. The summed E-state index contributed by atoms with van der Waals surface area (Å²) in [6.45, 7) is 0. The van der Waals surface area contributed by atoms with Gasteiger partial charge in [0.05, 0.1) is 5.69 Å². The van der Waals surface area contributed by atoms with Crippen LogP contribution in [0.1, 0.15) is 5.56 Å². The Labute approximate surface area is 128 Å². The van der Waals surface area contributed by atoms with Gasteiger partial charge in [-0.1, -0.05) is 36.4 Å². The molecule has 0 aliphatic rings. The number of phenols is 1. The van der Waals surface area contributed by atoms with Gasteiger partial charge >= 0.3 is 0 Å². The number of aromatic hydroxyl groups is 1. The highest BCUT2D eigenvalue weighted by molar-refractivity contribution is 7.98. The lowest BCUT2D eigenvalue weighted by molar-refractivity contribution is 0.475. The number of rotatable bonds is 3. The van der Waals surface area contributed by atoms with Crippen LogP contribution in [0, 0.1) is 0 Å². The van der Waals surface area contributed by atoms with Crippen molar-refractivity contribution in [3.63, 3.8) is 0 Å². The minimum Gasteiger partial charge on any atom is -0.507 e. The molecule has 0 bridgehead atoms. The lowest BCUT2D eigenvalue weighted by Gasteiger charge is -2.04. The fraction of sp³-hybridized carbons (Fsp3) is 0.0556. The molecule has 104 valence electrons. The summed E-state index contributed by atoms with van der Waals surface area (Å²) in [5.41, 5.74) is 1.64. The molecule has 1 N–H and O–H groups in total. The maximum Gasteiger partial charge on any atom is 0.124 e. The van der Waals surface area contributed by atoms with Gasteiger partial charge in [-0.25, -0.2) is 0 Å². The SMILES string of the molecule is CSc1cccc(N=Cc2c(O)ccc3ccccc23)c1. The number of phenolic OH excluding ortho intramolecular Hbond substituents is 1. The molecule has 3 aromatic rings. The molecule has 0 radical (unpaired) electrons. The molecule has 3 heteroatoms. The number of aliphatic imine (C=N–C) groups is 1. The largest absolute Gasteiger partial charge is 0.507 e. The Morgan fingerprint density at radius 2 is 1.86 bits per heavy atom. The topological polar surface area (TPSA) is 32.6 Å². The van der Waals surface area contributed by atoms with Crippen molar-refractivity contribution in [2.45, 2.75) is 4.90 Å². The van der Waals surface area contributed by atoms with Gasteiger partial charge in [-0.2, -0.15) is 0 Å². The minimum absolute atomic E-state index is 0.249. The van der Waals surface area contributed by atoms with E-state index in [9.17, 15) is 5.11 Å². The zero-order valence-corrected chi connectivity index (χ0v) is 12.5. The molecule has 0 amide bonds. The van der Waals surface area contributed by atoms with Crippen LogP contribution in [-0.2, 0) is 0 Å². The molecule has 0 spiro atoms. The molecule has 0 aliphatic heterocycles. The minimum atomic E-state index is 0.249. The van der Waals surface area contributed by atoms with Crippen LogP contribution >= 0.6 is 11.8 Å². The lowest BCUT2D eigenvalue weighted by atomic mass is 10.0. The van der Waals surface area contributed by atoms with E-state index >= 15 is 0 Å². The van der Waals surface area contributed by atoms with E-state index in [1.807, 2.05) is 54.8 Å². The van der Waals surface area contributed by atoms with E-state index < -0.39 is 0 Å². The van der Waals surface area contributed by atoms with Crippen LogP contribution in [0.15, 0.2) is 70.6 Å². The molecule has 0 fully saturated rings. The van der Waals surface area contributed by atoms with Crippen LogP contribution in [0.4, 0.5) is 5.69 Å². The van der Waals surface area contributed by atoms with Crippen molar-refractivity contribution in [1.82, 2.24) is 0 Å². The van der Waals surface area contributed by atoms with Crippen molar-refractivity contribution in [2.24, 2.45) is 4.99 Å². The Bertz CT molecular complexity index is 811. The summed E-state index contributed by atoms with van der Waals surface area (Å²) in [4.78, 5) is 5.67. The monoisotopic (exact) mass is 293 g/mol. The number of hydrogen-bond acceptors (Lipinski definition) is 3. The highest BCUT2D eigenvalue weighted by Crippen LogP contribution is 2.27. The van der Waals surface area contributed by atoms with Crippen molar-refractivity contribution >= 4 is 34.4 Å². The lowest BCUT2D eigenvalue weighted by Crippen LogP contribution is -1.85. The van der Waals surface area contributed by atoms with E-state index in [1.54, 1.807) is 24.0 Å². The van der Waals surface area contributed by atoms with Crippen molar-refractivity contribution in [2.75, 3.05) is 6.26 Å². The molecule has 3 aromatic carbocycles. The highest BCUT2D eigenvalue weighted by atomic mass is 32.2. The van der Waals surface area contributed by atoms with Gasteiger partial charge in [-0.15, -0.1) is 11.8 Å². The van der Waals surface area contributed by atoms with E-state index in [4.69, 9.17) is 0 Å². The second kappa shape index (κ2) is 6.02. The van der Waals surface area contributed by atoms with Gasteiger partial charge in [0.25, 0.3) is 0 Å². The predicted molar refractivity (Wildman–Crippen MR) is 91.1 cm³/mol. The molecule has 3 rings (SSSR count). The van der Waals surface area contributed by atoms with Gasteiger partial charge in [0.1, 0.15) is 5.75 Å². The summed E-state index contributed by atoms with van der Waals surface area (Å²) < 4.78 is 0. The Morgan fingerprint density at radius 1 is 1.00 bits per heavy atom. The smallest absolute Gasteiger partial charge is 0.124 e. The van der Waals surface area contributed by atoms with Crippen LogP contribution in [-0.4, -0.2) is 17.6 Å². The van der Waals surface area contributed by atoms with Crippen molar-refractivity contribution < 1.29 is 5.11 Å². The van der Waals surface area contributed by atoms with Crippen LogP contribution in [0.25, 0.3) is 10.8 Å². The first-order valence-electron chi connectivity index (χ1n) is 6.67. The van der Waals surface area contributed by atoms with Gasteiger partial charge in [-0.05, 0) is 41.3 Å². The maximum atomic E-state index is 10.1. The van der Waals surface area contributed by atoms with E-state index in [1.165, 1.54) is 4.90 Å². The van der Waals surface area contributed by atoms with Crippen molar-refractivity contribution in [3.8, 4) is 5.75 Å². The zero-order chi connectivity index (χ0) is 14.7. The van der Waals surface area contributed by atoms with Gasteiger partial charge in [0.2, 0.25) is 0 Å². The average Bonchev–Trinajstić information content (AvgIpc) is 2.54. The third-order valence-electron chi connectivity index (χ3n) is 3.34. The molecule has 21 heavy (non-hydrogen) atoms. The summed E-state index contributed by atoms with van der Waals surface area (Å²) in [6.07, 6.45) is 3.77. The molecule has 0 aromatic heterocycles. The van der Waals surface area contributed by atoms with E-state index in [0.717, 1.165) is 22.0 Å². The average molecular weight is 293 g/mol.